The largest absolute Gasteiger partial charge is 0.481 e. The standard InChI is InChI=1S/C13H24N2O2/c1-2-14-6-4-12(5-7-14)15-8-3-11(10-15)9-13(16)17/h11-12H,2-10H2,1H3,(H,16,17). The second-order valence-corrected chi connectivity index (χ2v) is 5.41. The summed E-state index contributed by atoms with van der Waals surface area (Å²) < 4.78 is 0. The lowest BCUT2D eigenvalue weighted by molar-refractivity contribution is -0.138. The molecule has 1 N–H and O–H groups in total. The summed E-state index contributed by atoms with van der Waals surface area (Å²) in [6.07, 6.45) is 3.94. The predicted molar refractivity (Wildman–Crippen MR) is 67.1 cm³/mol. The van der Waals surface area contributed by atoms with Gasteiger partial charge in [0, 0.05) is 19.0 Å². The molecule has 4 nitrogen and oxygen atoms in total. The topological polar surface area (TPSA) is 43.8 Å². The summed E-state index contributed by atoms with van der Waals surface area (Å²) in [4.78, 5) is 15.7. The number of carboxylic acid groups (broad SMARTS) is 1. The highest BCUT2D eigenvalue weighted by Gasteiger charge is 2.31. The minimum atomic E-state index is -0.641. The molecule has 0 saturated carbocycles. The summed E-state index contributed by atoms with van der Waals surface area (Å²) in [5, 5.41) is 8.81. The summed E-state index contributed by atoms with van der Waals surface area (Å²) in [6.45, 7) is 7.91. The molecule has 0 aromatic rings. The molecule has 2 saturated heterocycles. The minimum Gasteiger partial charge on any atom is -0.481 e. The van der Waals surface area contributed by atoms with Gasteiger partial charge in [0.1, 0.15) is 0 Å². The molecule has 0 aliphatic carbocycles. The fourth-order valence-electron chi connectivity index (χ4n) is 3.21. The average Bonchev–Trinajstić information content (AvgIpc) is 2.77. The molecule has 2 aliphatic heterocycles. The lowest BCUT2D eigenvalue weighted by Crippen LogP contribution is -2.43. The third-order valence-electron chi connectivity index (χ3n) is 4.30. The third-order valence-corrected chi connectivity index (χ3v) is 4.30. The lowest BCUT2D eigenvalue weighted by Gasteiger charge is -2.36. The van der Waals surface area contributed by atoms with Crippen LogP contribution in [0.4, 0.5) is 0 Å². The molecule has 0 spiro atoms. The van der Waals surface area contributed by atoms with Gasteiger partial charge in [-0.2, -0.15) is 0 Å². The SMILES string of the molecule is CCN1CCC(N2CCC(CC(=O)O)C2)CC1. The van der Waals surface area contributed by atoms with E-state index in [1.807, 2.05) is 0 Å². The van der Waals surface area contributed by atoms with Gasteiger partial charge in [0.2, 0.25) is 0 Å². The van der Waals surface area contributed by atoms with Gasteiger partial charge in [-0.3, -0.25) is 9.69 Å². The maximum atomic E-state index is 10.7. The van der Waals surface area contributed by atoms with Crippen LogP contribution in [0.5, 0.6) is 0 Å². The highest BCUT2D eigenvalue weighted by atomic mass is 16.4. The van der Waals surface area contributed by atoms with Crippen LogP contribution in [-0.2, 0) is 4.79 Å². The highest BCUT2D eigenvalue weighted by molar-refractivity contribution is 5.67. The number of carboxylic acids is 1. The van der Waals surface area contributed by atoms with Crippen molar-refractivity contribution in [2.24, 2.45) is 5.92 Å². The van der Waals surface area contributed by atoms with Crippen molar-refractivity contribution in [2.45, 2.75) is 38.6 Å². The Hall–Kier alpha value is -0.610. The quantitative estimate of drug-likeness (QED) is 0.803. The molecule has 2 rings (SSSR count). The smallest absolute Gasteiger partial charge is 0.303 e. The second-order valence-electron chi connectivity index (χ2n) is 5.41. The molecule has 1 unspecified atom stereocenters. The van der Waals surface area contributed by atoms with E-state index in [0.29, 0.717) is 18.4 Å². The van der Waals surface area contributed by atoms with E-state index >= 15 is 0 Å². The molecular formula is C13H24N2O2. The first-order chi connectivity index (χ1) is 8.19. The molecule has 4 heteroatoms. The fourth-order valence-corrected chi connectivity index (χ4v) is 3.21. The number of carbonyl (C=O) groups is 1. The number of hydrogen-bond acceptors (Lipinski definition) is 3. The molecule has 98 valence electrons. The van der Waals surface area contributed by atoms with E-state index in [0.717, 1.165) is 26.1 Å². The number of aliphatic carboxylic acids is 1. The minimum absolute atomic E-state index is 0.351. The second kappa shape index (κ2) is 5.83. The van der Waals surface area contributed by atoms with Crippen LogP contribution in [-0.4, -0.2) is 59.6 Å². The van der Waals surface area contributed by atoms with E-state index in [1.54, 1.807) is 0 Å². The molecule has 0 aromatic heterocycles. The zero-order valence-electron chi connectivity index (χ0n) is 10.8. The van der Waals surface area contributed by atoms with Gasteiger partial charge < -0.3 is 10.0 Å². The Bertz CT molecular complexity index is 262. The van der Waals surface area contributed by atoms with Gasteiger partial charge in [0.15, 0.2) is 0 Å². The number of piperidine rings is 1. The van der Waals surface area contributed by atoms with E-state index in [4.69, 9.17) is 5.11 Å². The van der Waals surface area contributed by atoms with Crippen molar-refractivity contribution in [2.75, 3.05) is 32.7 Å². The summed E-state index contributed by atoms with van der Waals surface area (Å²) in [5.41, 5.74) is 0. The van der Waals surface area contributed by atoms with Crippen LogP contribution >= 0.6 is 0 Å². The lowest BCUT2D eigenvalue weighted by atomic mass is 10.0. The van der Waals surface area contributed by atoms with Crippen LogP contribution in [0.1, 0.15) is 32.6 Å². The van der Waals surface area contributed by atoms with Crippen molar-refractivity contribution in [1.29, 1.82) is 0 Å². The summed E-state index contributed by atoms with van der Waals surface area (Å²) in [7, 11) is 0. The van der Waals surface area contributed by atoms with E-state index in [9.17, 15) is 4.79 Å². The van der Waals surface area contributed by atoms with Crippen LogP contribution in [0.15, 0.2) is 0 Å². The van der Waals surface area contributed by atoms with E-state index in [1.165, 1.54) is 25.9 Å². The van der Waals surface area contributed by atoms with Crippen LogP contribution in [0, 0.1) is 5.92 Å². The number of nitrogens with zero attached hydrogens (tertiary/aromatic N) is 2. The zero-order chi connectivity index (χ0) is 12.3. The monoisotopic (exact) mass is 240 g/mol. The van der Waals surface area contributed by atoms with Crippen molar-refractivity contribution >= 4 is 5.97 Å². The van der Waals surface area contributed by atoms with Crippen molar-refractivity contribution in [3.8, 4) is 0 Å². The van der Waals surface area contributed by atoms with Crippen LogP contribution in [0.25, 0.3) is 0 Å². The van der Waals surface area contributed by atoms with Crippen molar-refractivity contribution in [1.82, 2.24) is 9.80 Å². The maximum absolute atomic E-state index is 10.7. The Labute approximate surface area is 104 Å². The highest BCUT2D eigenvalue weighted by Crippen LogP contribution is 2.25. The van der Waals surface area contributed by atoms with Gasteiger partial charge in [0.05, 0.1) is 0 Å². The first-order valence-electron chi connectivity index (χ1n) is 6.87. The van der Waals surface area contributed by atoms with Gasteiger partial charge >= 0.3 is 5.97 Å². The van der Waals surface area contributed by atoms with Crippen molar-refractivity contribution in [3.63, 3.8) is 0 Å². The Morgan fingerprint density at radius 3 is 2.53 bits per heavy atom. The van der Waals surface area contributed by atoms with E-state index in [-0.39, 0.29) is 0 Å². The number of rotatable bonds is 4. The third kappa shape index (κ3) is 3.42. The van der Waals surface area contributed by atoms with E-state index < -0.39 is 5.97 Å². The average molecular weight is 240 g/mol. The van der Waals surface area contributed by atoms with Crippen LogP contribution in [0.3, 0.4) is 0 Å². The van der Waals surface area contributed by atoms with Crippen molar-refractivity contribution in [3.05, 3.63) is 0 Å². The molecule has 2 heterocycles. The first-order valence-corrected chi connectivity index (χ1v) is 6.87. The van der Waals surface area contributed by atoms with Gasteiger partial charge in [-0.05, 0) is 51.4 Å². The molecular weight excluding hydrogens is 216 g/mol. The number of hydrogen-bond donors (Lipinski definition) is 1. The molecule has 0 aromatic carbocycles. The van der Waals surface area contributed by atoms with Crippen LogP contribution in [0.2, 0.25) is 0 Å². The molecule has 2 fully saturated rings. The molecule has 0 amide bonds. The molecule has 2 aliphatic rings. The first kappa shape index (κ1) is 12.8. The summed E-state index contributed by atoms with van der Waals surface area (Å²) in [5.74, 6) is -0.255. The number of likely N-dealkylation sites (tertiary alicyclic amines) is 2. The Kier molecular flexibility index (Phi) is 4.40. The Morgan fingerprint density at radius 1 is 1.24 bits per heavy atom. The summed E-state index contributed by atoms with van der Waals surface area (Å²) >= 11 is 0. The maximum Gasteiger partial charge on any atom is 0.303 e. The zero-order valence-corrected chi connectivity index (χ0v) is 10.8. The Morgan fingerprint density at radius 2 is 1.94 bits per heavy atom. The summed E-state index contributed by atoms with van der Waals surface area (Å²) in [6, 6.07) is 0.705. The van der Waals surface area contributed by atoms with Crippen molar-refractivity contribution < 1.29 is 9.90 Å². The molecule has 0 bridgehead atoms. The van der Waals surface area contributed by atoms with Gasteiger partial charge in [-0.1, -0.05) is 6.92 Å². The van der Waals surface area contributed by atoms with E-state index in [2.05, 4.69) is 16.7 Å². The van der Waals surface area contributed by atoms with Crippen LogP contribution < -0.4 is 0 Å². The molecule has 0 radical (unpaired) electrons. The van der Waals surface area contributed by atoms with Gasteiger partial charge in [-0.25, -0.2) is 0 Å². The fraction of sp³-hybridized carbons (Fsp3) is 0.923. The molecule has 17 heavy (non-hydrogen) atoms. The normalized spacial score (nSPS) is 28.6. The predicted octanol–water partition coefficient (Wildman–Crippen LogP) is 1.27. The Balaban J connectivity index is 1.75. The van der Waals surface area contributed by atoms with Gasteiger partial charge in [0.25, 0.3) is 0 Å². The molecule has 1 atom stereocenters. The van der Waals surface area contributed by atoms with Gasteiger partial charge in [-0.15, -0.1) is 0 Å².